The van der Waals surface area contributed by atoms with E-state index in [1.165, 1.54) is 28.8 Å². The lowest BCUT2D eigenvalue weighted by atomic mass is 10.3. The number of halogens is 1. The second-order valence-electron chi connectivity index (χ2n) is 5.89. The highest BCUT2D eigenvalue weighted by molar-refractivity contribution is 5.77. The molecule has 134 valence electrons. The minimum atomic E-state index is -0.374. The molecule has 0 atom stereocenters. The first-order chi connectivity index (χ1) is 13.1. The number of anilines is 2. The molecule has 2 heterocycles. The van der Waals surface area contributed by atoms with Gasteiger partial charge in [-0.05, 0) is 42.5 Å². The van der Waals surface area contributed by atoms with Crippen molar-refractivity contribution in [1.82, 2.24) is 14.5 Å². The van der Waals surface area contributed by atoms with Crippen molar-refractivity contribution in [3.63, 3.8) is 0 Å². The van der Waals surface area contributed by atoms with Gasteiger partial charge in [0.1, 0.15) is 17.2 Å². The number of rotatable bonds is 4. The van der Waals surface area contributed by atoms with E-state index in [2.05, 4.69) is 15.3 Å². The van der Waals surface area contributed by atoms with Gasteiger partial charge < -0.3 is 10.1 Å². The third-order valence-corrected chi connectivity index (χ3v) is 3.99. The predicted molar refractivity (Wildman–Crippen MR) is 101 cm³/mol. The molecule has 0 amide bonds. The Morgan fingerprint density at radius 2 is 1.81 bits per heavy atom. The van der Waals surface area contributed by atoms with Crippen molar-refractivity contribution in [2.45, 2.75) is 0 Å². The number of nitrogens with one attached hydrogen (secondary N) is 1. The van der Waals surface area contributed by atoms with Gasteiger partial charge in [0.2, 0.25) is 5.95 Å². The van der Waals surface area contributed by atoms with Gasteiger partial charge in [-0.3, -0.25) is 9.36 Å². The molecule has 0 aliphatic rings. The van der Waals surface area contributed by atoms with Crippen molar-refractivity contribution < 1.29 is 9.13 Å². The molecule has 0 saturated heterocycles. The van der Waals surface area contributed by atoms with Crippen molar-refractivity contribution in [2.24, 2.45) is 7.05 Å². The highest BCUT2D eigenvalue weighted by Crippen LogP contribution is 2.22. The Morgan fingerprint density at radius 1 is 1.07 bits per heavy atom. The molecule has 4 rings (SSSR count). The van der Waals surface area contributed by atoms with Crippen LogP contribution in [-0.4, -0.2) is 14.5 Å². The summed E-state index contributed by atoms with van der Waals surface area (Å²) in [5.41, 5.74) is 0.967. The van der Waals surface area contributed by atoms with Crippen molar-refractivity contribution in [3.05, 3.63) is 83.0 Å². The summed E-state index contributed by atoms with van der Waals surface area (Å²) in [4.78, 5) is 21.3. The summed E-state index contributed by atoms with van der Waals surface area (Å²) >= 11 is 0. The lowest BCUT2D eigenvalue weighted by molar-refractivity contribution is 0.470. The maximum absolute atomic E-state index is 13.0. The molecule has 27 heavy (non-hydrogen) atoms. The van der Waals surface area contributed by atoms with Gasteiger partial charge in [-0.1, -0.05) is 18.2 Å². The Kier molecular flexibility index (Phi) is 4.25. The average Bonchev–Trinajstić information content (AvgIpc) is 2.69. The van der Waals surface area contributed by atoms with Crippen LogP contribution in [0.5, 0.6) is 11.5 Å². The van der Waals surface area contributed by atoms with Crippen molar-refractivity contribution in [1.29, 1.82) is 0 Å². The zero-order valence-electron chi connectivity index (χ0n) is 14.4. The summed E-state index contributed by atoms with van der Waals surface area (Å²) in [6.45, 7) is 0. The highest BCUT2D eigenvalue weighted by Gasteiger charge is 2.11. The molecule has 2 aromatic heterocycles. The second kappa shape index (κ2) is 6.87. The minimum Gasteiger partial charge on any atom is -0.452 e. The van der Waals surface area contributed by atoms with Crippen LogP contribution in [0.1, 0.15) is 0 Å². The molecule has 6 nitrogen and oxygen atoms in total. The number of ether oxygens (including phenoxy) is 1. The number of hydrogen-bond acceptors (Lipinski definition) is 5. The van der Waals surface area contributed by atoms with E-state index in [9.17, 15) is 9.18 Å². The number of fused-ring (bicyclic) bond motifs is 1. The van der Waals surface area contributed by atoms with Crippen LogP contribution < -0.4 is 15.6 Å². The van der Waals surface area contributed by atoms with Crippen molar-refractivity contribution in [2.75, 3.05) is 5.32 Å². The summed E-state index contributed by atoms with van der Waals surface area (Å²) in [5.74, 6) is 0.497. The van der Waals surface area contributed by atoms with E-state index in [4.69, 9.17) is 4.74 Å². The third-order valence-electron chi connectivity index (χ3n) is 3.99. The van der Waals surface area contributed by atoms with Crippen LogP contribution in [0.4, 0.5) is 16.0 Å². The number of nitrogens with zero attached hydrogens (tertiary/aromatic N) is 3. The van der Waals surface area contributed by atoms with E-state index < -0.39 is 0 Å². The van der Waals surface area contributed by atoms with Crippen LogP contribution in [-0.2, 0) is 7.05 Å². The SMILES string of the molecule is Cn1c(=O)c(Oc2ccc(F)cc2)cc2cnc(Nc3ccccc3)nc21. The van der Waals surface area contributed by atoms with Crippen LogP contribution in [0, 0.1) is 5.82 Å². The maximum Gasteiger partial charge on any atom is 0.294 e. The minimum absolute atomic E-state index is 0.115. The van der Waals surface area contributed by atoms with Gasteiger partial charge in [-0.15, -0.1) is 0 Å². The van der Waals surface area contributed by atoms with Gasteiger partial charge in [0, 0.05) is 24.3 Å². The zero-order valence-corrected chi connectivity index (χ0v) is 14.4. The Bertz CT molecular complexity index is 1160. The number of benzene rings is 2. The Morgan fingerprint density at radius 3 is 2.56 bits per heavy atom. The smallest absolute Gasteiger partial charge is 0.294 e. The van der Waals surface area contributed by atoms with Gasteiger partial charge in [-0.2, -0.15) is 4.98 Å². The van der Waals surface area contributed by atoms with E-state index in [1.807, 2.05) is 30.3 Å². The lowest BCUT2D eigenvalue weighted by Gasteiger charge is -2.11. The van der Waals surface area contributed by atoms with Gasteiger partial charge in [-0.25, -0.2) is 9.37 Å². The summed E-state index contributed by atoms with van der Waals surface area (Å²) < 4.78 is 20.0. The topological polar surface area (TPSA) is 69.0 Å². The standard InChI is InChI=1S/C20H15FN4O2/c1-25-18-13(12-22-20(24-18)23-15-5-3-2-4-6-15)11-17(19(25)26)27-16-9-7-14(21)8-10-16/h2-12H,1H3,(H,22,23,24). The Labute approximate surface area is 153 Å². The van der Waals surface area contributed by atoms with E-state index in [0.29, 0.717) is 22.7 Å². The number of para-hydroxylation sites is 1. The summed E-state index contributed by atoms with van der Waals surface area (Å²) in [6, 6.07) is 16.5. The normalized spacial score (nSPS) is 10.7. The molecule has 0 aliphatic heterocycles. The Hall–Kier alpha value is -3.74. The number of hydrogen-bond donors (Lipinski definition) is 1. The van der Waals surface area contributed by atoms with E-state index in [1.54, 1.807) is 19.3 Å². The van der Waals surface area contributed by atoms with Crippen LogP contribution in [0.15, 0.2) is 71.7 Å². The van der Waals surface area contributed by atoms with Crippen molar-refractivity contribution in [3.8, 4) is 11.5 Å². The molecule has 2 aromatic carbocycles. The largest absolute Gasteiger partial charge is 0.452 e. The molecule has 0 bridgehead atoms. The van der Waals surface area contributed by atoms with Crippen molar-refractivity contribution >= 4 is 22.7 Å². The first kappa shape index (κ1) is 16.7. The molecule has 0 saturated carbocycles. The highest BCUT2D eigenvalue weighted by atomic mass is 19.1. The van der Waals surface area contributed by atoms with E-state index in [-0.39, 0.29) is 17.1 Å². The first-order valence-corrected chi connectivity index (χ1v) is 8.22. The average molecular weight is 362 g/mol. The number of aromatic nitrogens is 3. The molecule has 0 fully saturated rings. The van der Waals surface area contributed by atoms with Crippen LogP contribution in [0.2, 0.25) is 0 Å². The second-order valence-corrected chi connectivity index (χ2v) is 5.89. The molecule has 7 heteroatoms. The third kappa shape index (κ3) is 3.48. The maximum atomic E-state index is 13.0. The predicted octanol–water partition coefficient (Wildman–Crippen LogP) is 4.00. The Balaban J connectivity index is 1.70. The molecule has 0 radical (unpaired) electrons. The lowest BCUT2D eigenvalue weighted by Crippen LogP contribution is -2.19. The summed E-state index contributed by atoms with van der Waals surface area (Å²) in [5, 5.41) is 3.74. The molecule has 0 spiro atoms. The van der Waals surface area contributed by atoms with E-state index in [0.717, 1.165) is 5.69 Å². The molecular weight excluding hydrogens is 347 g/mol. The van der Waals surface area contributed by atoms with Gasteiger partial charge >= 0.3 is 0 Å². The number of pyridine rings is 1. The molecular formula is C20H15FN4O2. The summed E-state index contributed by atoms with van der Waals surface area (Å²) in [6.07, 6.45) is 1.62. The van der Waals surface area contributed by atoms with Gasteiger partial charge in [0.15, 0.2) is 5.75 Å². The molecule has 0 aliphatic carbocycles. The fourth-order valence-corrected chi connectivity index (χ4v) is 2.63. The van der Waals surface area contributed by atoms with Gasteiger partial charge in [0.25, 0.3) is 5.56 Å². The summed E-state index contributed by atoms with van der Waals surface area (Å²) in [7, 11) is 1.61. The first-order valence-electron chi connectivity index (χ1n) is 8.22. The number of aryl methyl sites for hydroxylation is 1. The van der Waals surface area contributed by atoms with Crippen LogP contribution in [0.3, 0.4) is 0 Å². The molecule has 0 unspecified atom stereocenters. The van der Waals surface area contributed by atoms with Gasteiger partial charge in [0.05, 0.1) is 0 Å². The fraction of sp³-hybridized carbons (Fsp3) is 0.0500. The van der Waals surface area contributed by atoms with Crippen LogP contribution in [0.25, 0.3) is 11.0 Å². The molecule has 1 N–H and O–H groups in total. The monoisotopic (exact) mass is 362 g/mol. The molecule has 4 aromatic rings. The van der Waals surface area contributed by atoms with Crippen LogP contribution >= 0.6 is 0 Å². The quantitative estimate of drug-likeness (QED) is 0.594. The fourth-order valence-electron chi connectivity index (χ4n) is 2.63. The van der Waals surface area contributed by atoms with E-state index >= 15 is 0 Å². The zero-order chi connectivity index (χ0) is 18.8.